The zero-order valence-electron chi connectivity index (χ0n) is 27.6. The Balaban J connectivity index is 1.35. The van der Waals surface area contributed by atoms with Gasteiger partial charge in [-0.2, -0.15) is 8.78 Å². The highest BCUT2D eigenvalue weighted by Gasteiger charge is 2.45. The van der Waals surface area contributed by atoms with Crippen LogP contribution >= 0.6 is 0 Å². The van der Waals surface area contributed by atoms with Gasteiger partial charge in [-0.25, -0.2) is 13.9 Å². The standard InChI is InChI=1S/C32H33F2N5O4S/c1-31(2,3)44(41)37-32(4)16-42-15-19-11-18(14-35-27(19)32)17-9-10-21-22(12-17)39-23-13-24(28(39)36-21)38(5)29(40)20-7-6-8-25(26(20)23)43-30(33)34/h6-12,14,23-24,30,37H,13,15-16H2,1-5H3/t23-,24-,32?,44?/m1/s1/i5D3. The van der Waals surface area contributed by atoms with E-state index in [2.05, 4.69) is 4.72 Å². The van der Waals surface area contributed by atoms with Gasteiger partial charge < -0.3 is 18.9 Å². The Kier molecular flexibility index (Phi) is 5.90. The van der Waals surface area contributed by atoms with Crippen LogP contribution in [-0.2, 0) is 27.9 Å². The molecule has 1 N–H and O–H groups in total. The number of carbonyl (C=O) groups is 1. The molecule has 0 fully saturated rings. The van der Waals surface area contributed by atoms with E-state index in [1.807, 2.05) is 50.5 Å². The third kappa shape index (κ3) is 4.53. The molecule has 0 radical (unpaired) electrons. The van der Waals surface area contributed by atoms with Crippen LogP contribution in [0.3, 0.4) is 0 Å². The number of ether oxygens (including phenoxy) is 2. The minimum atomic E-state index is -3.15. The van der Waals surface area contributed by atoms with E-state index < -0.39 is 52.8 Å². The number of carbonyl (C=O) groups excluding carboxylic acids is 1. The van der Waals surface area contributed by atoms with Crippen molar-refractivity contribution in [2.45, 2.75) is 69.7 Å². The number of nitrogens with one attached hydrogen (secondary N) is 1. The van der Waals surface area contributed by atoms with Gasteiger partial charge in [0.2, 0.25) is 0 Å². The molecule has 0 spiro atoms. The average molecular weight is 625 g/mol. The molecule has 7 rings (SSSR count). The van der Waals surface area contributed by atoms with E-state index in [0.29, 0.717) is 30.1 Å². The Morgan fingerprint density at radius 2 is 2.02 bits per heavy atom. The number of hydrogen-bond donors (Lipinski definition) is 1. The van der Waals surface area contributed by atoms with Crippen molar-refractivity contribution < 1.29 is 31.4 Å². The summed E-state index contributed by atoms with van der Waals surface area (Å²) in [5, 5.41) is 0. The summed E-state index contributed by atoms with van der Waals surface area (Å²) in [6.45, 7) is 2.26. The Morgan fingerprint density at radius 1 is 1.20 bits per heavy atom. The second-order valence-electron chi connectivity index (χ2n) is 12.6. The third-order valence-electron chi connectivity index (χ3n) is 8.49. The normalized spacial score (nSPS) is 24.7. The number of alkyl halides is 2. The molecule has 0 saturated heterocycles. The summed E-state index contributed by atoms with van der Waals surface area (Å²) in [6, 6.07) is 10.2. The summed E-state index contributed by atoms with van der Waals surface area (Å²) in [5.74, 6) is -0.619. The molecule has 44 heavy (non-hydrogen) atoms. The predicted octanol–water partition coefficient (Wildman–Crippen LogP) is 5.62. The molecule has 4 aromatic rings. The number of halogens is 2. The SMILES string of the molecule is [2H]C([2H])([2H])N1C(=O)c2cccc(OC(F)F)c2[C@H]2C[C@@H]1c1nc3ccc(-c4cnc5c(c4)COCC5(C)NS(=O)C(C)(C)C)cc3n12. The number of imidazole rings is 1. The number of benzene rings is 2. The number of rotatable bonds is 5. The van der Waals surface area contributed by atoms with E-state index in [-0.39, 0.29) is 23.3 Å². The fraction of sp³-hybridized carbons (Fsp3) is 0.406. The maximum atomic E-state index is 13.7. The van der Waals surface area contributed by atoms with Crippen molar-refractivity contribution in [2.24, 2.45) is 0 Å². The lowest BCUT2D eigenvalue weighted by Crippen LogP contribution is -2.51. The van der Waals surface area contributed by atoms with Crippen LogP contribution in [0, 0.1) is 0 Å². The van der Waals surface area contributed by atoms with Crippen LogP contribution in [0.4, 0.5) is 8.78 Å². The predicted molar refractivity (Wildman–Crippen MR) is 162 cm³/mol. The topological polar surface area (TPSA) is 98.6 Å². The minimum Gasteiger partial charge on any atom is -0.434 e. The van der Waals surface area contributed by atoms with Crippen LogP contribution in [0.2, 0.25) is 0 Å². The van der Waals surface area contributed by atoms with E-state index in [0.717, 1.165) is 27.3 Å². The molecule has 230 valence electrons. The van der Waals surface area contributed by atoms with Gasteiger partial charge in [0, 0.05) is 46.0 Å². The summed E-state index contributed by atoms with van der Waals surface area (Å²) in [6.07, 6.45) is 1.87. The molecule has 2 unspecified atom stereocenters. The van der Waals surface area contributed by atoms with Gasteiger partial charge in [-0.3, -0.25) is 9.78 Å². The van der Waals surface area contributed by atoms with Crippen molar-refractivity contribution in [3.8, 4) is 16.9 Å². The van der Waals surface area contributed by atoms with Crippen molar-refractivity contribution in [2.75, 3.05) is 13.6 Å². The zero-order chi connectivity index (χ0) is 33.6. The van der Waals surface area contributed by atoms with E-state index in [1.165, 1.54) is 18.2 Å². The van der Waals surface area contributed by atoms with Crippen LogP contribution in [0.25, 0.3) is 22.2 Å². The molecule has 3 aliphatic heterocycles. The van der Waals surface area contributed by atoms with Crippen molar-refractivity contribution in [1.82, 2.24) is 24.2 Å². The van der Waals surface area contributed by atoms with Crippen molar-refractivity contribution in [1.29, 1.82) is 0 Å². The van der Waals surface area contributed by atoms with Crippen molar-refractivity contribution in [3.63, 3.8) is 0 Å². The molecule has 0 saturated carbocycles. The fourth-order valence-corrected chi connectivity index (χ4v) is 7.30. The molecule has 4 atom stereocenters. The van der Waals surface area contributed by atoms with Gasteiger partial charge >= 0.3 is 6.61 Å². The molecular weight excluding hydrogens is 588 g/mol. The number of hydrogen-bond acceptors (Lipinski definition) is 6. The quantitative estimate of drug-likeness (QED) is 0.310. The van der Waals surface area contributed by atoms with Crippen molar-refractivity contribution >= 4 is 27.9 Å². The lowest BCUT2D eigenvalue weighted by atomic mass is 9.91. The average Bonchev–Trinajstić information content (AvgIpc) is 3.48. The van der Waals surface area contributed by atoms with Crippen molar-refractivity contribution in [3.05, 3.63) is 76.9 Å². The Morgan fingerprint density at radius 3 is 2.77 bits per heavy atom. The van der Waals surface area contributed by atoms with Gasteiger partial charge in [-0.1, -0.05) is 12.1 Å². The molecule has 2 aromatic carbocycles. The number of pyridine rings is 1. The van der Waals surface area contributed by atoms with Gasteiger partial charge in [-0.15, -0.1) is 0 Å². The lowest BCUT2D eigenvalue weighted by molar-refractivity contribution is -0.0507. The van der Waals surface area contributed by atoms with Crippen LogP contribution in [0.15, 0.2) is 48.7 Å². The molecule has 5 heterocycles. The number of aromatic nitrogens is 3. The highest BCUT2D eigenvalue weighted by atomic mass is 32.2. The van der Waals surface area contributed by atoms with Crippen LogP contribution in [0.1, 0.15) is 83.3 Å². The number of amides is 1. The summed E-state index contributed by atoms with van der Waals surface area (Å²) in [5.41, 5.74) is 3.79. The molecule has 2 bridgehead atoms. The maximum Gasteiger partial charge on any atom is 0.387 e. The third-order valence-corrected chi connectivity index (χ3v) is 10.2. The molecule has 0 aliphatic carbocycles. The first kappa shape index (κ1) is 25.6. The van der Waals surface area contributed by atoms with Gasteiger partial charge in [0.25, 0.3) is 5.91 Å². The maximum absolute atomic E-state index is 13.7. The van der Waals surface area contributed by atoms with E-state index in [4.69, 9.17) is 23.6 Å². The molecule has 2 aromatic heterocycles. The first-order chi connectivity index (χ1) is 22.1. The van der Waals surface area contributed by atoms with Gasteiger partial charge in [0.1, 0.15) is 11.6 Å². The second-order valence-corrected chi connectivity index (χ2v) is 14.6. The molecule has 3 aliphatic rings. The second kappa shape index (κ2) is 10.1. The van der Waals surface area contributed by atoms with E-state index >= 15 is 0 Å². The smallest absolute Gasteiger partial charge is 0.387 e. The summed E-state index contributed by atoms with van der Waals surface area (Å²) >= 11 is 0. The zero-order valence-corrected chi connectivity index (χ0v) is 25.4. The molecule has 12 heteroatoms. The van der Waals surface area contributed by atoms with Crippen LogP contribution in [-0.4, -0.2) is 54.5 Å². The van der Waals surface area contributed by atoms with Gasteiger partial charge in [-0.05, 0) is 63.6 Å². The Bertz CT molecular complexity index is 1960. The van der Waals surface area contributed by atoms with Gasteiger partial charge in [0.05, 0.1) is 63.3 Å². The molecule has 1 amide bonds. The number of fused-ring (bicyclic) bond motifs is 10. The van der Waals surface area contributed by atoms with E-state index in [1.54, 1.807) is 12.3 Å². The fourth-order valence-electron chi connectivity index (χ4n) is 6.43. The highest BCUT2D eigenvalue weighted by Crippen LogP contribution is 2.50. The first-order valence-corrected chi connectivity index (χ1v) is 15.4. The largest absolute Gasteiger partial charge is 0.434 e. The number of nitrogens with zero attached hydrogens (tertiary/aromatic N) is 4. The molecular formula is C32H33F2N5O4S. The highest BCUT2D eigenvalue weighted by molar-refractivity contribution is 7.84. The Labute approximate surface area is 260 Å². The summed E-state index contributed by atoms with van der Waals surface area (Å²) in [4.78, 5) is 24.1. The van der Waals surface area contributed by atoms with Crippen LogP contribution < -0.4 is 9.46 Å². The van der Waals surface area contributed by atoms with E-state index in [9.17, 15) is 17.8 Å². The summed E-state index contributed by atoms with van der Waals surface area (Å²) in [7, 11) is -1.36. The van der Waals surface area contributed by atoms with Gasteiger partial charge in [0.15, 0.2) is 0 Å². The minimum absolute atomic E-state index is 0.00151. The Hall–Kier alpha value is -3.74. The first-order valence-electron chi connectivity index (χ1n) is 15.8. The summed E-state index contributed by atoms with van der Waals surface area (Å²) < 4.78 is 80.1. The molecule has 9 nitrogen and oxygen atoms in total. The van der Waals surface area contributed by atoms with Crippen LogP contribution in [0.5, 0.6) is 5.75 Å². The monoisotopic (exact) mass is 624 g/mol. The lowest BCUT2D eigenvalue weighted by Gasteiger charge is -2.37.